The number of hydrogen-bond donors (Lipinski definition) is 0. The topological polar surface area (TPSA) is 0 Å². The molecule has 1 aromatic heterocycles. The van der Waals surface area contributed by atoms with Gasteiger partial charge in [-0.2, -0.15) is 0 Å². The molecule has 0 unspecified atom stereocenters. The summed E-state index contributed by atoms with van der Waals surface area (Å²) in [6.07, 6.45) is 1.99. The van der Waals surface area contributed by atoms with Crippen LogP contribution in [0.25, 0.3) is 10.4 Å². The molecule has 0 nitrogen and oxygen atoms in total. The molecular formula is C12H10Cl2S2. The van der Waals surface area contributed by atoms with Gasteiger partial charge in [-0.3, -0.25) is 0 Å². The van der Waals surface area contributed by atoms with Crippen molar-refractivity contribution in [3.8, 4) is 10.4 Å². The summed E-state index contributed by atoms with van der Waals surface area (Å²) < 4.78 is 0. The van der Waals surface area contributed by atoms with Crippen LogP contribution < -0.4 is 0 Å². The third kappa shape index (κ3) is 2.40. The lowest BCUT2D eigenvalue weighted by Gasteiger charge is -2.06. The molecule has 0 aliphatic rings. The lowest BCUT2D eigenvalue weighted by molar-refractivity contribution is 1.47. The van der Waals surface area contributed by atoms with Gasteiger partial charge in [0.05, 0.1) is 10.0 Å². The van der Waals surface area contributed by atoms with Gasteiger partial charge in [0.2, 0.25) is 0 Å². The third-order valence-corrected chi connectivity index (χ3v) is 4.80. The van der Waals surface area contributed by atoms with Gasteiger partial charge in [-0.05, 0) is 37.4 Å². The van der Waals surface area contributed by atoms with Crippen LogP contribution in [0.15, 0.2) is 29.2 Å². The van der Waals surface area contributed by atoms with Crippen LogP contribution in [-0.2, 0) is 0 Å². The van der Waals surface area contributed by atoms with E-state index in [4.69, 9.17) is 23.2 Å². The van der Waals surface area contributed by atoms with Gasteiger partial charge in [-0.1, -0.05) is 23.2 Å². The van der Waals surface area contributed by atoms with E-state index in [0.717, 1.165) is 25.4 Å². The van der Waals surface area contributed by atoms with Gasteiger partial charge in [-0.25, -0.2) is 0 Å². The molecule has 0 radical (unpaired) electrons. The Morgan fingerprint density at radius 2 is 1.88 bits per heavy atom. The zero-order valence-corrected chi connectivity index (χ0v) is 12.0. The Labute approximate surface area is 114 Å². The van der Waals surface area contributed by atoms with Gasteiger partial charge < -0.3 is 0 Å². The molecule has 0 aliphatic carbocycles. The monoisotopic (exact) mass is 288 g/mol. The van der Waals surface area contributed by atoms with Gasteiger partial charge >= 0.3 is 0 Å². The smallest absolute Gasteiger partial charge is 0.0549 e. The Kier molecular flexibility index (Phi) is 3.85. The first-order chi connectivity index (χ1) is 7.61. The molecule has 84 valence electrons. The lowest BCUT2D eigenvalue weighted by atomic mass is 10.2. The van der Waals surface area contributed by atoms with E-state index in [2.05, 4.69) is 19.1 Å². The molecule has 2 aromatic rings. The number of halogens is 2. The van der Waals surface area contributed by atoms with Crippen molar-refractivity contribution in [2.75, 3.05) is 6.26 Å². The second-order valence-electron chi connectivity index (χ2n) is 3.38. The normalized spacial score (nSPS) is 10.8. The summed E-state index contributed by atoms with van der Waals surface area (Å²) in [5.74, 6) is 0. The van der Waals surface area contributed by atoms with Crippen molar-refractivity contribution in [1.29, 1.82) is 0 Å². The van der Waals surface area contributed by atoms with Crippen LogP contribution in [0.5, 0.6) is 0 Å². The van der Waals surface area contributed by atoms with Crippen molar-refractivity contribution < 1.29 is 0 Å². The Hall–Kier alpha value is -0.150. The first-order valence-electron chi connectivity index (χ1n) is 4.71. The van der Waals surface area contributed by atoms with E-state index in [-0.39, 0.29) is 0 Å². The molecule has 0 saturated heterocycles. The van der Waals surface area contributed by atoms with Crippen LogP contribution in [0.3, 0.4) is 0 Å². The van der Waals surface area contributed by atoms with Crippen molar-refractivity contribution in [1.82, 2.24) is 0 Å². The SMILES string of the molecule is CSc1cc(Cl)c(-c2ccc(C)s2)cc1Cl. The van der Waals surface area contributed by atoms with Gasteiger partial charge in [-0.15, -0.1) is 23.1 Å². The highest BCUT2D eigenvalue weighted by Crippen LogP contribution is 2.38. The Morgan fingerprint density at radius 1 is 1.12 bits per heavy atom. The van der Waals surface area contributed by atoms with E-state index in [1.807, 2.05) is 18.4 Å². The summed E-state index contributed by atoms with van der Waals surface area (Å²) in [6.45, 7) is 2.08. The number of aryl methyl sites for hydroxylation is 1. The Balaban J connectivity index is 2.54. The second kappa shape index (κ2) is 5.01. The highest BCUT2D eigenvalue weighted by molar-refractivity contribution is 7.98. The van der Waals surface area contributed by atoms with Gasteiger partial charge in [0.15, 0.2) is 0 Å². The fraction of sp³-hybridized carbons (Fsp3) is 0.167. The molecule has 1 heterocycles. The quantitative estimate of drug-likeness (QED) is 0.634. The van der Waals surface area contributed by atoms with Crippen LogP contribution in [0.2, 0.25) is 10.0 Å². The van der Waals surface area contributed by atoms with Gasteiger partial charge in [0.1, 0.15) is 0 Å². The average Bonchev–Trinajstić information content (AvgIpc) is 2.67. The maximum atomic E-state index is 6.26. The number of hydrogen-bond acceptors (Lipinski definition) is 2. The van der Waals surface area contributed by atoms with Crippen molar-refractivity contribution >= 4 is 46.3 Å². The molecule has 0 spiro atoms. The summed E-state index contributed by atoms with van der Waals surface area (Å²) >= 11 is 15.8. The molecule has 4 heteroatoms. The van der Waals surface area contributed by atoms with Crippen molar-refractivity contribution in [3.63, 3.8) is 0 Å². The molecule has 1 aromatic carbocycles. The van der Waals surface area contributed by atoms with Crippen molar-refractivity contribution in [2.45, 2.75) is 11.8 Å². The van der Waals surface area contributed by atoms with Gasteiger partial charge in [0, 0.05) is 20.2 Å². The van der Waals surface area contributed by atoms with Crippen LogP contribution >= 0.6 is 46.3 Å². The first-order valence-corrected chi connectivity index (χ1v) is 7.51. The molecule has 0 fully saturated rings. The average molecular weight is 289 g/mol. The highest BCUT2D eigenvalue weighted by Gasteiger charge is 2.10. The molecule has 0 bridgehead atoms. The van der Waals surface area contributed by atoms with Crippen LogP contribution in [0.1, 0.15) is 4.88 Å². The van der Waals surface area contributed by atoms with Gasteiger partial charge in [0.25, 0.3) is 0 Å². The zero-order chi connectivity index (χ0) is 11.7. The standard InChI is InChI=1S/C12H10Cl2S2/c1-7-3-4-11(16-7)8-5-10(14)12(15-2)6-9(8)13/h3-6H,1-2H3. The van der Waals surface area contributed by atoms with E-state index >= 15 is 0 Å². The predicted molar refractivity (Wildman–Crippen MR) is 76.3 cm³/mol. The molecule has 0 saturated carbocycles. The van der Waals surface area contributed by atoms with Crippen molar-refractivity contribution in [3.05, 3.63) is 39.2 Å². The molecule has 0 amide bonds. The minimum atomic E-state index is 0.760. The molecule has 0 atom stereocenters. The molecule has 0 N–H and O–H groups in total. The maximum Gasteiger partial charge on any atom is 0.0549 e. The summed E-state index contributed by atoms with van der Waals surface area (Å²) in [7, 11) is 0. The summed E-state index contributed by atoms with van der Waals surface area (Å²) in [4.78, 5) is 3.46. The van der Waals surface area contributed by atoms with Crippen molar-refractivity contribution in [2.24, 2.45) is 0 Å². The lowest BCUT2D eigenvalue weighted by Crippen LogP contribution is -1.79. The minimum Gasteiger partial charge on any atom is -0.141 e. The molecule has 0 aliphatic heterocycles. The second-order valence-corrected chi connectivity index (χ2v) is 6.33. The molecule has 16 heavy (non-hydrogen) atoms. The fourth-order valence-electron chi connectivity index (χ4n) is 1.45. The van der Waals surface area contributed by atoms with E-state index < -0.39 is 0 Å². The Bertz CT molecular complexity index is 518. The number of benzene rings is 1. The van der Waals surface area contributed by atoms with Crippen LogP contribution in [-0.4, -0.2) is 6.26 Å². The van der Waals surface area contributed by atoms with E-state index in [9.17, 15) is 0 Å². The third-order valence-electron chi connectivity index (χ3n) is 2.25. The largest absolute Gasteiger partial charge is 0.141 e. The fourth-order valence-corrected chi connectivity index (χ4v) is 3.62. The molecule has 2 rings (SSSR count). The number of thiophene rings is 1. The van der Waals surface area contributed by atoms with Crippen LogP contribution in [0, 0.1) is 6.92 Å². The minimum absolute atomic E-state index is 0.760. The summed E-state index contributed by atoms with van der Waals surface area (Å²) in [6, 6.07) is 8.04. The summed E-state index contributed by atoms with van der Waals surface area (Å²) in [5, 5.41) is 1.52. The van der Waals surface area contributed by atoms with E-state index in [0.29, 0.717) is 0 Å². The number of rotatable bonds is 2. The molecular weight excluding hydrogens is 279 g/mol. The van der Waals surface area contributed by atoms with E-state index in [1.54, 1.807) is 23.1 Å². The maximum absolute atomic E-state index is 6.26. The predicted octanol–water partition coefficient (Wildman–Crippen LogP) is 5.75. The zero-order valence-electron chi connectivity index (χ0n) is 8.88. The van der Waals surface area contributed by atoms with Crippen LogP contribution in [0.4, 0.5) is 0 Å². The first kappa shape index (κ1) is 12.3. The Morgan fingerprint density at radius 3 is 2.44 bits per heavy atom. The number of thioether (sulfide) groups is 1. The highest BCUT2D eigenvalue weighted by atomic mass is 35.5. The summed E-state index contributed by atoms with van der Waals surface area (Å²) in [5.41, 5.74) is 1.02. The van der Waals surface area contributed by atoms with E-state index in [1.165, 1.54) is 4.88 Å².